The zero-order chi connectivity index (χ0) is 22.0. The van der Waals surface area contributed by atoms with Crippen LogP contribution in [0.1, 0.15) is 47.2 Å². The highest BCUT2D eigenvalue weighted by Crippen LogP contribution is 2.31. The molecule has 0 amide bonds. The summed E-state index contributed by atoms with van der Waals surface area (Å²) in [6.45, 7) is 7.13. The molecule has 31 heavy (non-hydrogen) atoms. The number of aryl methyl sites for hydroxylation is 2. The summed E-state index contributed by atoms with van der Waals surface area (Å²) in [6.07, 6.45) is 3.58. The molecule has 0 saturated carbocycles. The molecule has 0 radical (unpaired) electrons. The fourth-order valence-corrected chi connectivity index (χ4v) is 4.34. The SMILES string of the molecule is CCCCc1nc(Cl)c(C=O)n1CCN1CCOc2ccc3c(C)cc(=O)oc3c2C1. The van der Waals surface area contributed by atoms with E-state index in [9.17, 15) is 9.59 Å². The van der Waals surface area contributed by atoms with Crippen LogP contribution in [0.5, 0.6) is 5.75 Å². The molecule has 0 aliphatic carbocycles. The molecule has 3 aromatic rings. The number of imidazole rings is 1. The Morgan fingerprint density at radius 1 is 1.29 bits per heavy atom. The maximum Gasteiger partial charge on any atom is 0.336 e. The number of unbranched alkanes of at least 4 members (excludes halogenated alkanes) is 1. The van der Waals surface area contributed by atoms with Crippen LogP contribution in [0.4, 0.5) is 0 Å². The number of fused-ring (bicyclic) bond motifs is 3. The lowest BCUT2D eigenvalue weighted by molar-refractivity contribution is 0.111. The van der Waals surface area contributed by atoms with E-state index in [2.05, 4.69) is 16.8 Å². The smallest absolute Gasteiger partial charge is 0.336 e. The maximum atomic E-state index is 12.0. The Morgan fingerprint density at radius 2 is 2.13 bits per heavy atom. The number of hydrogen-bond donors (Lipinski definition) is 0. The number of nitrogens with zero attached hydrogens (tertiary/aromatic N) is 3. The summed E-state index contributed by atoms with van der Waals surface area (Å²) < 4.78 is 13.4. The highest BCUT2D eigenvalue weighted by Gasteiger charge is 2.22. The summed E-state index contributed by atoms with van der Waals surface area (Å²) in [6, 6.07) is 5.38. The number of carbonyl (C=O) groups excluding carboxylic acids is 1. The van der Waals surface area contributed by atoms with Crippen molar-refractivity contribution in [1.29, 1.82) is 0 Å². The first-order valence-corrected chi connectivity index (χ1v) is 11.0. The van der Waals surface area contributed by atoms with Crippen LogP contribution in [0.15, 0.2) is 27.4 Å². The average molecular weight is 444 g/mol. The molecule has 1 aromatic carbocycles. The predicted molar refractivity (Wildman–Crippen MR) is 119 cm³/mol. The third-order valence-corrected chi connectivity index (χ3v) is 6.05. The van der Waals surface area contributed by atoms with Crippen molar-refractivity contribution in [3.63, 3.8) is 0 Å². The van der Waals surface area contributed by atoms with Gasteiger partial charge in [-0.25, -0.2) is 9.78 Å². The largest absolute Gasteiger partial charge is 0.492 e. The topological polar surface area (TPSA) is 77.6 Å². The number of carbonyl (C=O) groups is 1. The molecule has 8 heteroatoms. The van der Waals surface area contributed by atoms with Gasteiger partial charge in [-0.2, -0.15) is 0 Å². The lowest BCUT2D eigenvalue weighted by Gasteiger charge is -2.21. The Morgan fingerprint density at radius 3 is 2.90 bits per heavy atom. The molecule has 0 atom stereocenters. The summed E-state index contributed by atoms with van der Waals surface area (Å²) in [4.78, 5) is 30.2. The normalized spacial score (nSPS) is 14.3. The molecule has 0 N–H and O–H groups in total. The van der Waals surface area contributed by atoms with E-state index in [1.807, 2.05) is 23.6 Å². The van der Waals surface area contributed by atoms with Gasteiger partial charge in [-0.15, -0.1) is 0 Å². The first-order valence-electron chi connectivity index (χ1n) is 10.6. The van der Waals surface area contributed by atoms with E-state index in [0.29, 0.717) is 37.5 Å². The highest BCUT2D eigenvalue weighted by molar-refractivity contribution is 6.31. The van der Waals surface area contributed by atoms with Gasteiger partial charge in [0.1, 0.15) is 29.5 Å². The van der Waals surface area contributed by atoms with Crippen LogP contribution in [0.3, 0.4) is 0 Å². The van der Waals surface area contributed by atoms with Crippen molar-refractivity contribution in [3.05, 3.63) is 56.4 Å². The molecule has 0 bridgehead atoms. The van der Waals surface area contributed by atoms with Crippen LogP contribution >= 0.6 is 11.6 Å². The van der Waals surface area contributed by atoms with E-state index in [-0.39, 0.29) is 10.8 Å². The molecule has 164 valence electrons. The van der Waals surface area contributed by atoms with Gasteiger partial charge in [0.15, 0.2) is 11.4 Å². The van der Waals surface area contributed by atoms with E-state index < -0.39 is 0 Å². The number of ether oxygens (including phenoxy) is 1. The fraction of sp³-hybridized carbons (Fsp3) is 0.435. The molecule has 0 spiro atoms. The fourth-order valence-electron chi connectivity index (χ4n) is 4.09. The molecule has 1 aliphatic heterocycles. The number of halogens is 1. The summed E-state index contributed by atoms with van der Waals surface area (Å²) in [7, 11) is 0. The Kier molecular flexibility index (Phi) is 6.43. The second-order valence-electron chi connectivity index (χ2n) is 7.87. The number of aldehydes is 1. The summed E-state index contributed by atoms with van der Waals surface area (Å²) in [5.41, 5.74) is 2.40. The van der Waals surface area contributed by atoms with Crippen LogP contribution < -0.4 is 10.4 Å². The van der Waals surface area contributed by atoms with E-state index in [1.165, 1.54) is 6.07 Å². The zero-order valence-electron chi connectivity index (χ0n) is 17.8. The zero-order valence-corrected chi connectivity index (χ0v) is 18.6. The molecule has 1 aliphatic rings. The molecular formula is C23H26ClN3O4. The minimum absolute atomic E-state index is 0.258. The quantitative estimate of drug-likeness (QED) is 0.405. The highest BCUT2D eigenvalue weighted by atomic mass is 35.5. The second kappa shape index (κ2) is 9.24. The molecule has 2 aromatic heterocycles. The van der Waals surface area contributed by atoms with Gasteiger partial charge in [0.25, 0.3) is 0 Å². The number of aromatic nitrogens is 2. The first-order chi connectivity index (χ1) is 15.0. The van der Waals surface area contributed by atoms with E-state index in [0.717, 1.165) is 60.2 Å². The van der Waals surface area contributed by atoms with Crippen molar-refractivity contribution in [2.75, 3.05) is 19.7 Å². The minimum Gasteiger partial charge on any atom is -0.492 e. The van der Waals surface area contributed by atoms with Gasteiger partial charge in [-0.1, -0.05) is 24.9 Å². The Hall–Kier alpha value is -2.64. The van der Waals surface area contributed by atoms with Crippen LogP contribution in [0, 0.1) is 6.92 Å². The van der Waals surface area contributed by atoms with Crippen molar-refractivity contribution in [2.45, 2.75) is 46.2 Å². The van der Waals surface area contributed by atoms with Crippen molar-refractivity contribution in [1.82, 2.24) is 14.5 Å². The number of benzene rings is 1. The van der Waals surface area contributed by atoms with Gasteiger partial charge in [0.05, 0.1) is 5.56 Å². The van der Waals surface area contributed by atoms with E-state index in [1.54, 1.807) is 0 Å². The third-order valence-electron chi connectivity index (χ3n) is 5.77. The predicted octanol–water partition coefficient (Wildman–Crippen LogP) is 4.00. The Balaban J connectivity index is 1.61. The standard InChI is InChI=1S/C23H26ClN3O4/c1-3-4-5-20-25-23(24)18(14-28)27(20)9-8-26-10-11-30-19-7-6-16-15(2)12-21(29)31-22(16)17(19)13-26/h6-7,12,14H,3-5,8-11,13H2,1-2H3. The average Bonchev–Trinajstić information content (AvgIpc) is 2.90. The van der Waals surface area contributed by atoms with Crippen molar-refractivity contribution in [3.8, 4) is 5.75 Å². The van der Waals surface area contributed by atoms with Gasteiger partial charge in [-0.05, 0) is 31.0 Å². The molecule has 3 heterocycles. The maximum absolute atomic E-state index is 12.0. The monoisotopic (exact) mass is 443 g/mol. The first kappa shape index (κ1) is 21.6. The lowest BCUT2D eigenvalue weighted by Crippen LogP contribution is -2.30. The summed E-state index contributed by atoms with van der Waals surface area (Å²) >= 11 is 6.20. The second-order valence-corrected chi connectivity index (χ2v) is 8.23. The molecular weight excluding hydrogens is 418 g/mol. The van der Waals surface area contributed by atoms with Gasteiger partial charge in [0, 0.05) is 44.1 Å². The minimum atomic E-state index is -0.363. The molecule has 0 saturated heterocycles. The Bertz CT molecular complexity index is 1170. The molecule has 0 unspecified atom stereocenters. The van der Waals surface area contributed by atoms with E-state index >= 15 is 0 Å². The van der Waals surface area contributed by atoms with Crippen molar-refractivity contribution in [2.24, 2.45) is 0 Å². The Labute approximate surface area is 185 Å². The van der Waals surface area contributed by atoms with Crippen LogP contribution in [-0.4, -0.2) is 40.4 Å². The molecule has 4 rings (SSSR count). The van der Waals surface area contributed by atoms with Gasteiger partial charge in [0.2, 0.25) is 0 Å². The van der Waals surface area contributed by atoms with Gasteiger partial charge in [-0.3, -0.25) is 9.69 Å². The van der Waals surface area contributed by atoms with Crippen LogP contribution in [0.25, 0.3) is 11.0 Å². The molecule has 0 fully saturated rings. The van der Waals surface area contributed by atoms with Crippen molar-refractivity contribution < 1.29 is 13.9 Å². The number of hydrogen-bond acceptors (Lipinski definition) is 6. The summed E-state index contributed by atoms with van der Waals surface area (Å²) in [5, 5.41) is 1.17. The number of rotatable bonds is 7. The van der Waals surface area contributed by atoms with Gasteiger partial charge >= 0.3 is 5.63 Å². The van der Waals surface area contributed by atoms with Crippen molar-refractivity contribution >= 4 is 28.9 Å². The molecule has 7 nitrogen and oxygen atoms in total. The van der Waals surface area contributed by atoms with Crippen LogP contribution in [0.2, 0.25) is 5.15 Å². The third kappa shape index (κ3) is 4.38. The summed E-state index contributed by atoms with van der Waals surface area (Å²) in [5.74, 6) is 1.58. The van der Waals surface area contributed by atoms with Gasteiger partial charge < -0.3 is 13.7 Å². The van der Waals surface area contributed by atoms with Crippen LogP contribution in [-0.2, 0) is 19.5 Å². The lowest BCUT2D eigenvalue weighted by atomic mass is 10.1. The van der Waals surface area contributed by atoms with E-state index in [4.69, 9.17) is 20.8 Å².